The molecule has 0 spiro atoms. The van der Waals surface area contributed by atoms with Gasteiger partial charge in [-0.25, -0.2) is 0 Å². The number of carbonyl (C=O) groups is 1. The number of amides is 1. The first-order valence-corrected chi connectivity index (χ1v) is 9.61. The number of rotatable bonds is 5. The van der Waals surface area contributed by atoms with E-state index in [2.05, 4.69) is 54.0 Å². The van der Waals surface area contributed by atoms with Crippen LogP contribution >= 0.6 is 0 Å². The molecule has 5 nitrogen and oxygen atoms in total. The number of anilines is 1. The Hall–Kier alpha value is -2.37. The van der Waals surface area contributed by atoms with E-state index >= 15 is 0 Å². The predicted octanol–water partition coefficient (Wildman–Crippen LogP) is 2.89. The number of aliphatic hydroxyl groups excluding tert-OH is 1. The second kappa shape index (κ2) is 7.71. The molecule has 0 saturated carbocycles. The number of hydrogen-bond donors (Lipinski definition) is 3. The Kier molecular flexibility index (Phi) is 5.14. The number of carbonyl (C=O) groups excluding carboxylic acids is 1. The summed E-state index contributed by atoms with van der Waals surface area (Å²) in [6, 6.07) is 15.1. The molecule has 0 aromatic heterocycles. The van der Waals surface area contributed by atoms with E-state index in [0.29, 0.717) is 12.3 Å². The highest BCUT2D eigenvalue weighted by Crippen LogP contribution is 2.50. The first kappa shape index (κ1) is 18.0. The minimum Gasteiger partial charge on any atom is -0.395 e. The van der Waals surface area contributed by atoms with Crippen molar-refractivity contribution in [1.29, 1.82) is 0 Å². The second-order valence-corrected chi connectivity index (χ2v) is 7.45. The van der Waals surface area contributed by atoms with Crippen LogP contribution in [-0.2, 0) is 16.0 Å². The zero-order valence-corrected chi connectivity index (χ0v) is 15.6. The van der Waals surface area contributed by atoms with Gasteiger partial charge in [0.1, 0.15) is 0 Å². The minimum absolute atomic E-state index is 0.0439. The topological polar surface area (TPSA) is 70.6 Å². The number of aryl methyl sites for hydroxylation is 1. The smallest absolute Gasteiger partial charge is 0.224 e. The van der Waals surface area contributed by atoms with Gasteiger partial charge in [0.2, 0.25) is 5.91 Å². The van der Waals surface area contributed by atoms with Crippen molar-refractivity contribution in [2.45, 2.75) is 31.9 Å². The molecule has 142 valence electrons. The van der Waals surface area contributed by atoms with Crippen LogP contribution in [0.5, 0.6) is 0 Å². The summed E-state index contributed by atoms with van der Waals surface area (Å²) in [5, 5.41) is 15.3. The molecule has 0 bridgehead atoms. The summed E-state index contributed by atoms with van der Waals surface area (Å²) in [5.74, 6) is 0.312. The maximum Gasteiger partial charge on any atom is 0.224 e. The maximum absolute atomic E-state index is 12.0. The van der Waals surface area contributed by atoms with Crippen molar-refractivity contribution < 1.29 is 14.6 Å². The van der Waals surface area contributed by atoms with E-state index < -0.39 is 0 Å². The number of benzene rings is 2. The Labute approximate surface area is 159 Å². The summed E-state index contributed by atoms with van der Waals surface area (Å²) in [6.07, 6.45) is 1.40. The summed E-state index contributed by atoms with van der Waals surface area (Å²) in [5.41, 5.74) is 5.76. The van der Waals surface area contributed by atoms with E-state index in [-0.39, 0.29) is 31.2 Å². The molecule has 0 radical (unpaired) electrons. The van der Waals surface area contributed by atoms with Crippen LogP contribution in [0, 0.1) is 12.8 Å². The lowest BCUT2D eigenvalue weighted by molar-refractivity contribution is -0.120. The Morgan fingerprint density at radius 1 is 1.30 bits per heavy atom. The third-order valence-electron chi connectivity index (χ3n) is 5.50. The van der Waals surface area contributed by atoms with Crippen molar-refractivity contribution in [2.24, 2.45) is 5.92 Å². The third kappa shape index (κ3) is 3.70. The highest BCUT2D eigenvalue weighted by Gasteiger charge is 2.41. The molecule has 0 aliphatic carbocycles. The van der Waals surface area contributed by atoms with Gasteiger partial charge in [-0.3, -0.25) is 4.79 Å². The van der Waals surface area contributed by atoms with Crippen LogP contribution < -0.4 is 10.6 Å². The predicted molar refractivity (Wildman–Crippen MR) is 105 cm³/mol. The molecule has 5 heteroatoms. The van der Waals surface area contributed by atoms with E-state index in [1.807, 2.05) is 6.07 Å². The summed E-state index contributed by atoms with van der Waals surface area (Å²) in [6.45, 7) is 3.13. The van der Waals surface area contributed by atoms with Crippen LogP contribution in [-0.4, -0.2) is 30.8 Å². The molecule has 1 fully saturated rings. The van der Waals surface area contributed by atoms with Crippen LogP contribution in [0.15, 0.2) is 42.5 Å². The van der Waals surface area contributed by atoms with Crippen molar-refractivity contribution in [3.05, 3.63) is 64.7 Å². The molecule has 27 heavy (non-hydrogen) atoms. The molecule has 4 rings (SSSR count). The number of aliphatic hydroxyl groups is 1. The molecule has 2 aliphatic heterocycles. The Morgan fingerprint density at radius 3 is 3.00 bits per heavy atom. The minimum atomic E-state index is -0.0747. The van der Waals surface area contributed by atoms with Crippen LogP contribution in [0.25, 0.3) is 0 Å². The number of hydrogen-bond acceptors (Lipinski definition) is 4. The van der Waals surface area contributed by atoms with E-state index in [9.17, 15) is 4.79 Å². The summed E-state index contributed by atoms with van der Waals surface area (Å²) in [7, 11) is 0. The van der Waals surface area contributed by atoms with E-state index in [4.69, 9.17) is 9.84 Å². The normalized spacial score (nSPS) is 23.3. The lowest BCUT2D eigenvalue weighted by Gasteiger charge is -2.37. The molecule has 2 heterocycles. The van der Waals surface area contributed by atoms with Crippen LogP contribution in [0.1, 0.15) is 40.8 Å². The van der Waals surface area contributed by atoms with E-state index in [0.717, 1.165) is 29.8 Å². The fourth-order valence-electron chi connectivity index (χ4n) is 4.27. The lowest BCUT2D eigenvalue weighted by Crippen LogP contribution is -2.30. The van der Waals surface area contributed by atoms with Gasteiger partial charge < -0.3 is 20.5 Å². The van der Waals surface area contributed by atoms with Crippen LogP contribution in [0.3, 0.4) is 0 Å². The second-order valence-electron chi connectivity index (χ2n) is 7.45. The first-order chi connectivity index (χ1) is 13.2. The molecule has 1 saturated heterocycles. The molecular formula is C22H26N2O3. The van der Waals surface area contributed by atoms with Crippen molar-refractivity contribution >= 4 is 11.6 Å². The maximum atomic E-state index is 12.0. The average molecular weight is 366 g/mol. The molecular weight excluding hydrogens is 340 g/mol. The van der Waals surface area contributed by atoms with Gasteiger partial charge in [0, 0.05) is 30.3 Å². The van der Waals surface area contributed by atoms with Gasteiger partial charge >= 0.3 is 0 Å². The Morgan fingerprint density at radius 2 is 2.19 bits per heavy atom. The first-order valence-electron chi connectivity index (χ1n) is 9.61. The molecule has 2 aromatic rings. The molecule has 0 unspecified atom stereocenters. The molecule has 2 aliphatic rings. The van der Waals surface area contributed by atoms with Crippen molar-refractivity contribution in [1.82, 2.24) is 5.32 Å². The van der Waals surface area contributed by atoms with Crippen molar-refractivity contribution in [3.8, 4) is 0 Å². The SMILES string of the molecule is Cc1cccc([C@H]2Nc3ccc(CC(=O)NCCO)cc3[C@@H]3OCC[C@H]23)c1. The number of fused-ring (bicyclic) bond motifs is 3. The van der Waals surface area contributed by atoms with Gasteiger partial charge in [0.05, 0.1) is 25.2 Å². The zero-order valence-electron chi connectivity index (χ0n) is 15.6. The van der Waals surface area contributed by atoms with Gasteiger partial charge in [-0.15, -0.1) is 0 Å². The van der Waals surface area contributed by atoms with E-state index in [1.54, 1.807) is 0 Å². The fourth-order valence-corrected chi connectivity index (χ4v) is 4.27. The summed E-state index contributed by atoms with van der Waals surface area (Å²) >= 11 is 0. The van der Waals surface area contributed by atoms with Crippen molar-refractivity contribution in [3.63, 3.8) is 0 Å². The number of ether oxygens (including phenoxy) is 1. The van der Waals surface area contributed by atoms with Crippen LogP contribution in [0.4, 0.5) is 5.69 Å². The summed E-state index contributed by atoms with van der Waals surface area (Å²) in [4.78, 5) is 12.0. The zero-order chi connectivity index (χ0) is 18.8. The van der Waals surface area contributed by atoms with Gasteiger partial charge in [0.15, 0.2) is 0 Å². The third-order valence-corrected chi connectivity index (χ3v) is 5.50. The molecule has 3 atom stereocenters. The van der Waals surface area contributed by atoms with Crippen LogP contribution in [0.2, 0.25) is 0 Å². The monoisotopic (exact) mass is 366 g/mol. The Bertz CT molecular complexity index is 836. The summed E-state index contributed by atoms with van der Waals surface area (Å²) < 4.78 is 6.12. The van der Waals surface area contributed by atoms with Gasteiger partial charge in [0.25, 0.3) is 0 Å². The highest BCUT2D eigenvalue weighted by atomic mass is 16.5. The highest BCUT2D eigenvalue weighted by molar-refractivity contribution is 5.79. The lowest BCUT2D eigenvalue weighted by atomic mass is 9.80. The standard InChI is InChI=1S/C22H26N2O3/c1-14-3-2-4-16(11-14)21-17-7-10-27-22(17)18-12-15(5-6-19(18)24-21)13-20(26)23-8-9-25/h2-6,11-12,17,21-22,24-25H,7-10,13H2,1H3,(H,23,26)/t17-,21-,22-/m1/s1. The number of nitrogens with one attached hydrogen (secondary N) is 2. The molecule has 2 aromatic carbocycles. The van der Waals surface area contributed by atoms with Gasteiger partial charge in [-0.2, -0.15) is 0 Å². The van der Waals surface area contributed by atoms with Gasteiger partial charge in [-0.1, -0.05) is 42.0 Å². The largest absolute Gasteiger partial charge is 0.395 e. The Balaban J connectivity index is 1.60. The van der Waals surface area contributed by atoms with Crippen molar-refractivity contribution in [2.75, 3.05) is 25.1 Å². The fraction of sp³-hybridized carbons (Fsp3) is 0.409. The molecule has 1 amide bonds. The quantitative estimate of drug-likeness (QED) is 0.761. The molecule has 3 N–H and O–H groups in total. The van der Waals surface area contributed by atoms with Gasteiger partial charge in [-0.05, 0) is 30.5 Å². The van der Waals surface area contributed by atoms with E-state index in [1.165, 1.54) is 11.1 Å². The average Bonchev–Trinajstić information content (AvgIpc) is 3.16.